The van der Waals surface area contributed by atoms with Crippen molar-refractivity contribution in [2.75, 3.05) is 13.2 Å². The Morgan fingerprint density at radius 3 is 1.84 bits per heavy atom. The van der Waals surface area contributed by atoms with Crippen LogP contribution in [0.2, 0.25) is 0 Å². The molecule has 4 rings (SSSR count). The highest BCUT2D eigenvalue weighted by molar-refractivity contribution is 5.86. The second kappa shape index (κ2) is 17.8. The smallest absolute Gasteiger partial charge is 0.333 e. The zero-order valence-electron chi connectivity index (χ0n) is 27.2. The van der Waals surface area contributed by atoms with Gasteiger partial charge in [-0.3, -0.25) is 0 Å². The van der Waals surface area contributed by atoms with E-state index in [2.05, 4.69) is 62.0 Å². The van der Waals surface area contributed by atoms with Gasteiger partial charge in [0.05, 0.1) is 6.61 Å². The number of unbranched alkanes of at least 4 members (excludes halogenated alkanes) is 2. The third-order valence-corrected chi connectivity index (χ3v) is 10.6. The maximum atomic E-state index is 11.7. The summed E-state index contributed by atoms with van der Waals surface area (Å²) in [5.41, 5.74) is 6.12. The molecule has 0 aliphatic heterocycles. The van der Waals surface area contributed by atoms with E-state index in [1.54, 1.807) is 6.92 Å². The highest BCUT2D eigenvalue weighted by atomic mass is 16.5. The SMILES string of the molecule is C=C(C)C(=O)OCCCC(CCCO)C1CCC(c2ccc(-c3ccc(C4CCC(CCCCC)CC4)cc3)cc2)CC1. The minimum atomic E-state index is -0.291. The van der Waals surface area contributed by atoms with E-state index in [9.17, 15) is 9.90 Å². The molecule has 2 aliphatic carbocycles. The van der Waals surface area contributed by atoms with E-state index >= 15 is 0 Å². The maximum absolute atomic E-state index is 11.7. The van der Waals surface area contributed by atoms with Crippen molar-refractivity contribution in [2.24, 2.45) is 17.8 Å². The van der Waals surface area contributed by atoms with Crippen LogP contribution in [-0.2, 0) is 9.53 Å². The predicted octanol–water partition coefficient (Wildman–Crippen LogP) is 10.8. The molecule has 1 unspecified atom stereocenters. The molecule has 236 valence electrons. The molecule has 2 aromatic rings. The fourth-order valence-electron chi connectivity index (χ4n) is 7.89. The van der Waals surface area contributed by atoms with Gasteiger partial charge in [-0.15, -0.1) is 0 Å². The average molecular weight is 587 g/mol. The van der Waals surface area contributed by atoms with Gasteiger partial charge in [0, 0.05) is 12.2 Å². The molecule has 0 spiro atoms. The van der Waals surface area contributed by atoms with E-state index in [1.807, 2.05) is 0 Å². The third-order valence-electron chi connectivity index (χ3n) is 10.6. The standard InChI is InChI=1S/C40H58O3/c1-4-5-6-9-31-12-14-33(15-13-31)35-20-22-37(23-21-35)39-26-24-38(25-27-39)36-18-16-34(17-19-36)32(10-7-28-41)11-8-29-43-40(42)30(2)3/h20-27,31-34,36,41H,2,4-19,28-29H2,1,3H3. The lowest BCUT2D eigenvalue weighted by Gasteiger charge is -2.34. The molecule has 1 atom stereocenters. The molecule has 0 bridgehead atoms. The van der Waals surface area contributed by atoms with Gasteiger partial charge in [0.15, 0.2) is 0 Å². The van der Waals surface area contributed by atoms with Crippen molar-refractivity contribution in [3.63, 3.8) is 0 Å². The van der Waals surface area contributed by atoms with Crippen LogP contribution in [0, 0.1) is 17.8 Å². The van der Waals surface area contributed by atoms with Gasteiger partial charge in [0.25, 0.3) is 0 Å². The molecule has 2 aromatic carbocycles. The van der Waals surface area contributed by atoms with Crippen molar-refractivity contribution in [1.82, 2.24) is 0 Å². The monoisotopic (exact) mass is 586 g/mol. The van der Waals surface area contributed by atoms with Crippen molar-refractivity contribution in [2.45, 2.75) is 128 Å². The molecular weight excluding hydrogens is 528 g/mol. The van der Waals surface area contributed by atoms with Crippen LogP contribution in [0.25, 0.3) is 11.1 Å². The molecule has 3 nitrogen and oxygen atoms in total. The lowest BCUT2D eigenvalue weighted by Crippen LogP contribution is -2.22. The van der Waals surface area contributed by atoms with Crippen LogP contribution < -0.4 is 0 Å². The van der Waals surface area contributed by atoms with Gasteiger partial charge in [0.2, 0.25) is 0 Å². The Morgan fingerprint density at radius 2 is 1.33 bits per heavy atom. The molecule has 0 aromatic heterocycles. The Kier molecular flexibility index (Phi) is 13.9. The first-order valence-corrected chi connectivity index (χ1v) is 17.6. The Labute approximate surface area is 262 Å². The van der Waals surface area contributed by atoms with Crippen molar-refractivity contribution in [1.29, 1.82) is 0 Å². The highest BCUT2D eigenvalue weighted by Gasteiger charge is 2.28. The van der Waals surface area contributed by atoms with Crippen molar-refractivity contribution < 1.29 is 14.6 Å². The normalized spacial score (nSPS) is 23.0. The van der Waals surface area contributed by atoms with Gasteiger partial charge >= 0.3 is 5.97 Å². The second-order valence-electron chi connectivity index (χ2n) is 13.8. The van der Waals surface area contributed by atoms with E-state index in [0.29, 0.717) is 29.9 Å². The van der Waals surface area contributed by atoms with Crippen LogP contribution in [0.1, 0.15) is 140 Å². The van der Waals surface area contributed by atoms with E-state index < -0.39 is 0 Å². The number of aliphatic hydroxyl groups excluding tert-OH is 1. The number of benzene rings is 2. The fraction of sp³-hybridized carbons (Fsp3) is 0.625. The molecule has 43 heavy (non-hydrogen) atoms. The minimum absolute atomic E-state index is 0.256. The number of esters is 1. The summed E-state index contributed by atoms with van der Waals surface area (Å²) in [5, 5.41) is 9.45. The zero-order valence-corrected chi connectivity index (χ0v) is 27.2. The first kappa shape index (κ1) is 33.5. The summed E-state index contributed by atoms with van der Waals surface area (Å²) in [7, 11) is 0. The molecule has 0 radical (unpaired) electrons. The summed E-state index contributed by atoms with van der Waals surface area (Å²) in [6.45, 7) is 8.38. The molecular formula is C40H58O3. The molecule has 2 fully saturated rings. The molecule has 0 saturated heterocycles. The largest absolute Gasteiger partial charge is 0.462 e. The summed E-state index contributed by atoms with van der Waals surface area (Å²) in [6.07, 6.45) is 20.0. The number of aliphatic hydroxyl groups is 1. The van der Waals surface area contributed by atoms with Crippen LogP contribution >= 0.6 is 0 Å². The number of hydrogen-bond acceptors (Lipinski definition) is 3. The van der Waals surface area contributed by atoms with E-state index in [4.69, 9.17) is 4.74 Å². The zero-order chi connectivity index (χ0) is 30.4. The summed E-state index contributed by atoms with van der Waals surface area (Å²) in [6, 6.07) is 18.9. The number of hydrogen-bond donors (Lipinski definition) is 1. The van der Waals surface area contributed by atoms with Crippen molar-refractivity contribution in [3.8, 4) is 11.1 Å². The molecule has 1 N–H and O–H groups in total. The third kappa shape index (κ3) is 10.3. The summed E-state index contributed by atoms with van der Waals surface area (Å²) in [5.74, 6) is 3.36. The topological polar surface area (TPSA) is 46.5 Å². The molecule has 3 heteroatoms. The number of carbonyl (C=O) groups excluding carboxylic acids is 1. The number of ether oxygens (including phenoxy) is 1. The van der Waals surface area contributed by atoms with Crippen LogP contribution in [0.15, 0.2) is 60.7 Å². The van der Waals surface area contributed by atoms with E-state index in [1.165, 1.54) is 99.3 Å². The lowest BCUT2D eigenvalue weighted by molar-refractivity contribution is -0.139. The Bertz CT molecular complexity index is 1090. The van der Waals surface area contributed by atoms with Gasteiger partial charge in [-0.05, 0) is 136 Å². The average Bonchev–Trinajstić information content (AvgIpc) is 3.05. The van der Waals surface area contributed by atoms with E-state index in [0.717, 1.165) is 37.5 Å². The summed E-state index contributed by atoms with van der Waals surface area (Å²) >= 11 is 0. The van der Waals surface area contributed by atoms with Gasteiger partial charge in [0.1, 0.15) is 0 Å². The Hall–Kier alpha value is -2.39. The fourth-order valence-corrected chi connectivity index (χ4v) is 7.89. The first-order valence-electron chi connectivity index (χ1n) is 17.6. The highest BCUT2D eigenvalue weighted by Crippen LogP contribution is 2.42. The first-order chi connectivity index (χ1) is 21.0. The number of rotatable bonds is 16. The summed E-state index contributed by atoms with van der Waals surface area (Å²) in [4.78, 5) is 11.7. The van der Waals surface area contributed by atoms with Gasteiger partial charge in [-0.1, -0.05) is 87.7 Å². The van der Waals surface area contributed by atoms with Crippen molar-refractivity contribution >= 4 is 5.97 Å². The second-order valence-corrected chi connectivity index (χ2v) is 13.8. The quantitative estimate of drug-likeness (QED) is 0.121. The van der Waals surface area contributed by atoms with Crippen LogP contribution in [-0.4, -0.2) is 24.3 Å². The Morgan fingerprint density at radius 1 is 0.791 bits per heavy atom. The maximum Gasteiger partial charge on any atom is 0.333 e. The minimum Gasteiger partial charge on any atom is -0.462 e. The van der Waals surface area contributed by atoms with Crippen molar-refractivity contribution in [3.05, 3.63) is 71.8 Å². The van der Waals surface area contributed by atoms with Crippen LogP contribution in [0.5, 0.6) is 0 Å². The molecule has 0 amide bonds. The molecule has 2 aliphatic rings. The van der Waals surface area contributed by atoms with Crippen LogP contribution in [0.4, 0.5) is 0 Å². The van der Waals surface area contributed by atoms with Gasteiger partial charge in [-0.25, -0.2) is 4.79 Å². The van der Waals surface area contributed by atoms with Crippen LogP contribution in [0.3, 0.4) is 0 Å². The predicted molar refractivity (Wildman–Crippen MR) is 180 cm³/mol. The lowest BCUT2D eigenvalue weighted by atomic mass is 9.71. The molecule has 2 saturated carbocycles. The summed E-state index contributed by atoms with van der Waals surface area (Å²) < 4.78 is 5.32. The Balaban J connectivity index is 1.24. The molecule has 0 heterocycles. The van der Waals surface area contributed by atoms with Gasteiger partial charge in [-0.2, -0.15) is 0 Å². The number of carbonyl (C=O) groups is 1. The van der Waals surface area contributed by atoms with Gasteiger partial charge < -0.3 is 9.84 Å². The van der Waals surface area contributed by atoms with E-state index in [-0.39, 0.29) is 12.6 Å².